The van der Waals surface area contributed by atoms with Crippen molar-refractivity contribution < 1.29 is 19.1 Å². The van der Waals surface area contributed by atoms with E-state index >= 15 is 0 Å². The second-order valence-electron chi connectivity index (χ2n) is 6.35. The summed E-state index contributed by atoms with van der Waals surface area (Å²) in [7, 11) is 1.68. The molecule has 0 unspecified atom stereocenters. The Morgan fingerprint density at radius 1 is 1.12 bits per heavy atom. The highest BCUT2D eigenvalue weighted by atomic mass is 16.5. The summed E-state index contributed by atoms with van der Waals surface area (Å²) in [4.78, 5) is 41.5. The van der Waals surface area contributed by atoms with E-state index in [2.05, 4.69) is 0 Å². The molecule has 3 amide bonds. The second-order valence-corrected chi connectivity index (χ2v) is 6.35. The largest absolute Gasteiger partial charge is 0.482 e. The number of piperazine rings is 1. The number of fused-ring (bicyclic) bond motifs is 1. The number of hydrogen-bond acceptors (Lipinski definition) is 4. The summed E-state index contributed by atoms with van der Waals surface area (Å²) >= 11 is 0. The van der Waals surface area contributed by atoms with Crippen LogP contribution in [0.3, 0.4) is 0 Å². The molecule has 1 aromatic carbocycles. The fourth-order valence-corrected chi connectivity index (χ4v) is 3.12. The number of rotatable bonds is 3. The van der Waals surface area contributed by atoms with Crippen LogP contribution in [0.4, 0.5) is 5.69 Å². The van der Waals surface area contributed by atoms with Crippen LogP contribution in [-0.4, -0.2) is 67.4 Å². The Hall–Kier alpha value is -2.57. The molecule has 2 aliphatic heterocycles. The molecule has 3 rings (SSSR count). The van der Waals surface area contributed by atoms with E-state index in [0.717, 1.165) is 6.42 Å². The Kier molecular flexibility index (Phi) is 4.92. The molecule has 0 aliphatic carbocycles. The van der Waals surface area contributed by atoms with Crippen LogP contribution in [0.25, 0.3) is 0 Å². The molecule has 0 bridgehead atoms. The molecule has 25 heavy (non-hydrogen) atoms. The van der Waals surface area contributed by atoms with E-state index in [1.807, 2.05) is 11.8 Å². The number of likely N-dealkylation sites (N-methyl/N-ethyl adjacent to an activating group) is 1. The summed E-state index contributed by atoms with van der Waals surface area (Å²) in [5, 5.41) is 0. The predicted octanol–water partition coefficient (Wildman–Crippen LogP) is 1.13. The summed E-state index contributed by atoms with van der Waals surface area (Å²) in [5.41, 5.74) is 1.14. The number of amides is 3. The highest BCUT2D eigenvalue weighted by Crippen LogP contribution is 2.32. The van der Waals surface area contributed by atoms with Gasteiger partial charge in [-0.25, -0.2) is 0 Å². The molecule has 1 saturated heterocycles. The maximum atomic E-state index is 12.8. The highest BCUT2D eigenvalue weighted by Gasteiger charge is 2.27. The van der Waals surface area contributed by atoms with Crippen molar-refractivity contribution in [2.24, 2.45) is 0 Å². The lowest BCUT2D eigenvalue weighted by Gasteiger charge is -2.35. The topological polar surface area (TPSA) is 70.2 Å². The minimum Gasteiger partial charge on any atom is -0.482 e. The third-order valence-corrected chi connectivity index (χ3v) is 4.68. The fraction of sp³-hybridized carbons (Fsp3) is 0.500. The molecule has 0 atom stereocenters. The van der Waals surface area contributed by atoms with Crippen molar-refractivity contribution >= 4 is 23.4 Å². The van der Waals surface area contributed by atoms with Crippen LogP contribution in [0.1, 0.15) is 30.1 Å². The van der Waals surface area contributed by atoms with Gasteiger partial charge in [0, 0.05) is 45.2 Å². The van der Waals surface area contributed by atoms with Crippen molar-refractivity contribution in [2.45, 2.75) is 19.8 Å². The van der Waals surface area contributed by atoms with Crippen LogP contribution < -0.4 is 9.64 Å². The number of hydrogen-bond donors (Lipinski definition) is 0. The summed E-state index contributed by atoms with van der Waals surface area (Å²) in [5.74, 6) is 0.534. The van der Waals surface area contributed by atoms with E-state index in [0.29, 0.717) is 49.6 Å². The third kappa shape index (κ3) is 3.45. The Labute approximate surface area is 147 Å². The minimum absolute atomic E-state index is 0.0184. The molecule has 134 valence electrons. The standard InChI is InChI=1S/C18H23N3O4/c1-3-4-16(22)20-7-9-21(10-8-20)18(24)13-5-6-15-14(11-13)19(2)17(23)12-25-15/h5-6,11H,3-4,7-10,12H2,1-2H3. The summed E-state index contributed by atoms with van der Waals surface area (Å²) in [6, 6.07) is 5.15. The lowest BCUT2D eigenvalue weighted by molar-refractivity contribution is -0.132. The molecule has 0 radical (unpaired) electrons. The van der Waals surface area contributed by atoms with E-state index in [-0.39, 0.29) is 24.3 Å². The van der Waals surface area contributed by atoms with Crippen molar-refractivity contribution in [1.29, 1.82) is 0 Å². The Morgan fingerprint density at radius 3 is 2.48 bits per heavy atom. The van der Waals surface area contributed by atoms with Crippen molar-refractivity contribution in [2.75, 3.05) is 44.7 Å². The molecule has 2 heterocycles. The van der Waals surface area contributed by atoms with Crippen LogP contribution in [0.2, 0.25) is 0 Å². The molecular weight excluding hydrogens is 322 g/mol. The number of carbonyl (C=O) groups excluding carboxylic acids is 3. The average Bonchev–Trinajstić information content (AvgIpc) is 2.64. The number of anilines is 1. The van der Waals surface area contributed by atoms with E-state index in [9.17, 15) is 14.4 Å². The first kappa shape index (κ1) is 17.3. The molecule has 0 N–H and O–H groups in total. The zero-order valence-corrected chi connectivity index (χ0v) is 14.7. The van der Waals surface area contributed by atoms with Gasteiger partial charge in [-0.15, -0.1) is 0 Å². The van der Waals surface area contributed by atoms with Crippen LogP contribution in [0, 0.1) is 0 Å². The zero-order chi connectivity index (χ0) is 18.0. The van der Waals surface area contributed by atoms with Crippen LogP contribution >= 0.6 is 0 Å². The quantitative estimate of drug-likeness (QED) is 0.823. The highest BCUT2D eigenvalue weighted by molar-refractivity contribution is 6.01. The molecule has 0 saturated carbocycles. The average molecular weight is 345 g/mol. The van der Waals surface area contributed by atoms with E-state index in [1.165, 1.54) is 4.90 Å². The maximum Gasteiger partial charge on any atom is 0.264 e. The van der Waals surface area contributed by atoms with Gasteiger partial charge in [0.25, 0.3) is 11.8 Å². The van der Waals surface area contributed by atoms with Gasteiger partial charge in [0.2, 0.25) is 5.91 Å². The van der Waals surface area contributed by atoms with Gasteiger partial charge in [-0.3, -0.25) is 14.4 Å². The van der Waals surface area contributed by atoms with Crippen LogP contribution in [-0.2, 0) is 9.59 Å². The lowest BCUT2D eigenvalue weighted by atomic mass is 10.1. The third-order valence-electron chi connectivity index (χ3n) is 4.68. The monoisotopic (exact) mass is 345 g/mol. The van der Waals surface area contributed by atoms with Gasteiger partial charge in [-0.1, -0.05) is 6.92 Å². The first-order valence-corrected chi connectivity index (χ1v) is 8.61. The zero-order valence-electron chi connectivity index (χ0n) is 14.7. The van der Waals surface area contributed by atoms with Gasteiger partial charge in [0.1, 0.15) is 5.75 Å². The lowest BCUT2D eigenvalue weighted by Crippen LogP contribution is -2.50. The summed E-state index contributed by atoms with van der Waals surface area (Å²) in [6.45, 7) is 4.19. The smallest absolute Gasteiger partial charge is 0.264 e. The molecule has 7 heteroatoms. The van der Waals surface area contributed by atoms with Crippen molar-refractivity contribution in [3.63, 3.8) is 0 Å². The molecule has 1 aromatic rings. The number of nitrogens with zero attached hydrogens (tertiary/aromatic N) is 3. The molecular formula is C18H23N3O4. The van der Waals surface area contributed by atoms with Gasteiger partial charge in [-0.2, -0.15) is 0 Å². The number of ether oxygens (including phenoxy) is 1. The van der Waals surface area contributed by atoms with Crippen molar-refractivity contribution in [3.8, 4) is 5.75 Å². The summed E-state index contributed by atoms with van der Waals surface area (Å²) in [6.07, 6.45) is 1.39. The molecule has 1 fully saturated rings. The van der Waals surface area contributed by atoms with E-state index < -0.39 is 0 Å². The van der Waals surface area contributed by atoms with E-state index in [4.69, 9.17) is 4.74 Å². The Balaban J connectivity index is 1.68. The first-order valence-electron chi connectivity index (χ1n) is 8.61. The molecule has 7 nitrogen and oxygen atoms in total. The van der Waals surface area contributed by atoms with Crippen LogP contribution in [0.5, 0.6) is 5.75 Å². The van der Waals surface area contributed by atoms with Gasteiger partial charge in [0.05, 0.1) is 5.69 Å². The predicted molar refractivity (Wildman–Crippen MR) is 92.7 cm³/mol. The molecule has 2 aliphatic rings. The van der Waals surface area contributed by atoms with Gasteiger partial charge < -0.3 is 19.4 Å². The summed E-state index contributed by atoms with van der Waals surface area (Å²) < 4.78 is 5.39. The van der Waals surface area contributed by atoms with Crippen LogP contribution in [0.15, 0.2) is 18.2 Å². The van der Waals surface area contributed by atoms with E-state index in [1.54, 1.807) is 30.1 Å². The SMILES string of the molecule is CCCC(=O)N1CCN(C(=O)c2ccc3c(c2)N(C)C(=O)CO3)CC1. The number of benzene rings is 1. The molecule has 0 spiro atoms. The Morgan fingerprint density at radius 2 is 1.80 bits per heavy atom. The Bertz CT molecular complexity index is 696. The minimum atomic E-state index is -0.139. The normalized spacial score (nSPS) is 17.2. The first-order chi connectivity index (χ1) is 12.0. The van der Waals surface area contributed by atoms with Crippen molar-refractivity contribution in [1.82, 2.24) is 9.80 Å². The fourth-order valence-electron chi connectivity index (χ4n) is 3.12. The molecule has 0 aromatic heterocycles. The van der Waals surface area contributed by atoms with Gasteiger partial charge >= 0.3 is 0 Å². The number of carbonyl (C=O) groups is 3. The maximum absolute atomic E-state index is 12.8. The van der Waals surface area contributed by atoms with Crippen molar-refractivity contribution in [3.05, 3.63) is 23.8 Å². The van der Waals surface area contributed by atoms with Gasteiger partial charge in [-0.05, 0) is 24.6 Å². The van der Waals surface area contributed by atoms with Gasteiger partial charge in [0.15, 0.2) is 6.61 Å². The second kappa shape index (κ2) is 7.13.